The Labute approximate surface area is 150 Å². The van der Waals surface area contributed by atoms with Crippen molar-refractivity contribution in [2.24, 2.45) is 0 Å². The molecule has 27 heavy (non-hydrogen) atoms. The van der Waals surface area contributed by atoms with Crippen LogP contribution in [0.25, 0.3) is 11.0 Å². The summed E-state index contributed by atoms with van der Waals surface area (Å²) in [5.41, 5.74) is 2.02. The number of nitrogens with zero attached hydrogens (tertiary/aromatic N) is 2. The second kappa shape index (κ2) is 8.79. The number of pyridine rings is 1. The van der Waals surface area contributed by atoms with Crippen molar-refractivity contribution in [2.45, 2.75) is 12.6 Å². The van der Waals surface area contributed by atoms with Gasteiger partial charge in [-0.25, -0.2) is 4.79 Å². The Morgan fingerprint density at radius 2 is 1.85 bits per heavy atom. The van der Waals surface area contributed by atoms with Gasteiger partial charge in [0.15, 0.2) is 11.3 Å². The molecule has 0 fully saturated rings. The fourth-order valence-electron chi connectivity index (χ4n) is 2.00. The van der Waals surface area contributed by atoms with Crippen molar-refractivity contribution in [1.29, 1.82) is 0 Å². The molecule has 0 atom stereocenters. The van der Waals surface area contributed by atoms with Gasteiger partial charge in [0.1, 0.15) is 0 Å². The minimum absolute atomic E-state index is 0.223. The maximum absolute atomic E-state index is 12.1. The van der Waals surface area contributed by atoms with Crippen molar-refractivity contribution in [3.63, 3.8) is 0 Å². The minimum Gasteiger partial charge on any atom is -0.475 e. The number of amides is 1. The molecule has 0 saturated carbocycles. The molecule has 1 aromatic carbocycles. The predicted molar refractivity (Wildman–Crippen MR) is 88.0 cm³/mol. The molecule has 0 unspecified atom stereocenters. The molecule has 2 N–H and O–H groups in total. The third kappa shape index (κ3) is 5.80. The van der Waals surface area contributed by atoms with Crippen LogP contribution in [-0.2, 0) is 11.2 Å². The van der Waals surface area contributed by atoms with Crippen molar-refractivity contribution in [1.82, 2.24) is 15.5 Å². The number of para-hydroxylation sites is 1. The van der Waals surface area contributed by atoms with Crippen LogP contribution in [0.5, 0.6) is 0 Å². The highest BCUT2D eigenvalue weighted by atomic mass is 19.4. The minimum atomic E-state index is -5.08. The molecule has 0 aliphatic carbocycles. The van der Waals surface area contributed by atoms with Crippen molar-refractivity contribution in [3.05, 3.63) is 60.0 Å². The first-order chi connectivity index (χ1) is 12.8. The van der Waals surface area contributed by atoms with Crippen LogP contribution in [0.4, 0.5) is 13.2 Å². The van der Waals surface area contributed by atoms with Gasteiger partial charge in [0, 0.05) is 18.9 Å². The first-order valence-electron chi connectivity index (χ1n) is 7.60. The van der Waals surface area contributed by atoms with Crippen molar-refractivity contribution in [3.8, 4) is 0 Å². The Bertz CT molecular complexity index is 910. The number of alkyl halides is 3. The van der Waals surface area contributed by atoms with Gasteiger partial charge in [0.25, 0.3) is 5.91 Å². The number of aliphatic carboxylic acids is 1. The Morgan fingerprint density at radius 1 is 1.15 bits per heavy atom. The molecule has 10 heteroatoms. The summed E-state index contributed by atoms with van der Waals surface area (Å²) in [6.07, 6.45) is -0.837. The van der Waals surface area contributed by atoms with E-state index in [4.69, 9.17) is 14.4 Å². The lowest BCUT2D eigenvalue weighted by molar-refractivity contribution is -0.192. The van der Waals surface area contributed by atoms with Crippen molar-refractivity contribution < 1.29 is 32.4 Å². The first-order valence-corrected chi connectivity index (χ1v) is 7.60. The molecule has 0 spiro atoms. The lowest BCUT2D eigenvalue weighted by Gasteiger charge is -2.03. The number of benzene rings is 1. The zero-order chi connectivity index (χ0) is 19.9. The Hall–Kier alpha value is -3.43. The zero-order valence-electron chi connectivity index (χ0n) is 13.7. The largest absolute Gasteiger partial charge is 0.490 e. The SMILES string of the molecule is O=C(NCCc1cccnc1)c1noc2ccccc12.O=C(O)C(F)(F)F. The van der Waals surface area contributed by atoms with E-state index in [2.05, 4.69) is 15.5 Å². The second-order valence-corrected chi connectivity index (χ2v) is 5.20. The molecular weight excluding hydrogens is 367 g/mol. The number of nitrogens with one attached hydrogen (secondary N) is 1. The van der Waals surface area contributed by atoms with Gasteiger partial charge in [0.05, 0.1) is 5.39 Å². The molecule has 0 aliphatic rings. The lowest BCUT2D eigenvalue weighted by Crippen LogP contribution is -2.26. The zero-order valence-corrected chi connectivity index (χ0v) is 13.7. The van der Waals surface area contributed by atoms with Crippen molar-refractivity contribution in [2.75, 3.05) is 6.54 Å². The van der Waals surface area contributed by atoms with E-state index in [1.54, 1.807) is 18.5 Å². The third-order valence-electron chi connectivity index (χ3n) is 3.26. The fourth-order valence-corrected chi connectivity index (χ4v) is 2.00. The van der Waals surface area contributed by atoms with Gasteiger partial charge in [-0.3, -0.25) is 9.78 Å². The fraction of sp³-hybridized carbons (Fsp3) is 0.176. The van der Waals surface area contributed by atoms with Crippen molar-refractivity contribution >= 4 is 22.8 Å². The summed E-state index contributed by atoms with van der Waals surface area (Å²) < 4.78 is 36.9. The number of fused-ring (bicyclic) bond motifs is 1. The highest BCUT2D eigenvalue weighted by molar-refractivity contribution is 6.03. The average Bonchev–Trinajstić information content (AvgIpc) is 3.06. The summed E-state index contributed by atoms with van der Waals surface area (Å²) in [6.45, 7) is 0.533. The number of carbonyl (C=O) groups excluding carboxylic acids is 1. The molecule has 1 amide bonds. The molecule has 2 aromatic heterocycles. The van der Waals surface area contributed by atoms with E-state index in [1.807, 2.05) is 30.3 Å². The summed E-state index contributed by atoms with van der Waals surface area (Å²) in [4.78, 5) is 25.0. The highest BCUT2D eigenvalue weighted by Gasteiger charge is 2.38. The summed E-state index contributed by atoms with van der Waals surface area (Å²) >= 11 is 0. The van der Waals surface area contributed by atoms with Crippen LogP contribution in [0.15, 0.2) is 53.3 Å². The Kier molecular flexibility index (Phi) is 6.47. The molecule has 2 heterocycles. The van der Waals surface area contributed by atoms with Gasteiger partial charge in [-0.05, 0) is 30.2 Å². The van der Waals surface area contributed by atoms with Crippen LogP contribution in [-0.4, -0.2) is 39.8 Å². The molecule has 0 saturated heterocycles. The molecule has 7 nitrogen and oxygen atoms in total. The van der Waals surface area contributed by atoms with E-state index in [1.165, 1.54) is 0 Å². The number of halogens is 3. The number of carbonyl (C=O) groups is 2. The summed E-state index contributed by atoms with van der Waals surface area (Å²) in [6, 6.07) is 11.2. The van der Waals surface area contributed by atoms with Gasteiger partial charge >= 0.3 is 12.1 Å². The number of aromatic nitrogens is 2. The Morgan fingerprint density at radius 3 is 2.48 bits per heavy atom. The standard InChI is InChI=1S/C15H13N3O2.C2HF3O2/c19-15(17-9-7-11-4-3-8-16-10-11)14-12-5-1-2-6-13(12)20-18-14;3-2(4,5)1(6)7/h1-6,8,10H,7,9H2,(H,17,19);(H,6,7). The average molecular weight is 381 g/mol. The van der Waals surface area contributed by atoms with E-state index in [0.29, 0.717) is 17.8 Å². The molecule has 0 aliphatic heterocycles. The smallest absolute Gasteiger partial charge is 0.475 e. The topological polar surface area (TPSA) is 105 Å². The van der Waals surface area contributed by atoms with Gasteiger partial charge in [-0.2, -0.15) is 13.2 Å². The van der Waals surface area contributed by atoms with E-state index in [9.17, 15) is 18.0 Å². The number of hydrogen-bond acceptors (Lipinski definition) is 5. The van der Waals surface area contributed by atoms with Crippen LogP contribution in [0.3, 0.4) is 0 Å². The van der Waals surface area contributed by atoms with Crippen LogP contribution < -0.4 is 5.32 Å². The number of carboxylic acid groups (broad SMARTS) is 1. The third-order valence-corrected chi connectivity index (χ3v) is 3.26. The molecule has 0 bridgehead atoms. The molecular formula is C17H14F3N3O4. The summed E-state index contributed by atoms with van der Waals surface area (Å²) in [5.74, 6) is -2.98. The van der Waals surface area contributed by atoms with Crippen LogP contribution >= 0.6 is 0 Å². The molecule has 3 aromatic rings. The Balaban J connectivity index is 0.000000321. The van der Waals surface area contributed by atoms with Crippen LogP contribution in [0.2, 0.25) is 0 Å². The second-order valence-electron chi connectivity index (χ2n) is 5.20. The molecule has 142 valence electrons. The number of hydrogen-bond donors (Lipinski definition) is 2. The number of rotatable bonds is 4. The normalized spacial score (nSPS) is 10.8. The number of carboxylic acids is 1. The van der Waals surface area contributed by atoms with Crippen LogP contribution in [0, 0.1) is 0 Å². The maximum atomic E-state index is 12.1. The highest BCUT2D eigenvalue weighted by Crippen LogP contribution is 2.17. The summed E-state index contributed by atoms with van der Waals surface area (Å²) in [5, 5.41) is 14.5. The van der Waals surface area contributed by atoms with E-state index in [0.717, 1.165) is 17.4 Å². The predicted octanol–water partition coefficient (Wildman–Crippen LogP) is 2.83. The van der Waals surface area contributed by atoms with Gasteiger partial charge in [-0.1, -0.05) is 23.4 Å². The molecule has 3 rings (SSSR count). The van der Waals surface area contributed by atoms with Crippen LogP contribution in [0.1, 0.15) is 16.1 Å². The summed E-state index contributed by atoms with van der Waals surface area (Å²) in [7, 11) is 0. The first kappa shape index (κ1) is 19.9. The van der Waals surface area contributed by atoms with E-state index >= 15 is 0 Å². The van der Waals surface area contributed by atoms with Gasteiger partial charge in [-0.15, -0.1) is 0 Å². The maximum Gasteiger partial charge on any atom is 0.490 e. The van der Waals surface area contributed by atoms with Gasteiger partial charge < -0.3 is 14.9 Å². The quantitative estimate of drug-likeness (QED) is 0.720. The van der Waals surface area contributed by atoms with E-state index in [-0.39, 0.29) is 5.91 Å². The monoisotopic (exact) mass is 381 g/mol. The van der Waals surface area contributed by atoms with Gasteiger partial charge in [0.2, 0.25) is 0 Å². The lowest BCUT2D eigenvalue weighted by atomic mass is 10.2. The molecule has 0 radical (unpaired) electrons. The van der Waals surface area contributed by atoms with E-state index < -0.39 is 12.1 Å².